The summed E-state index contributed by atoms with van der Waals surface area (Å²) < 4.78 is 5.78. The Kier molecular flexibility index (Phi) is 5.41. The van der Waals surface area contributed by atoms with Crippen LogP contribution < -0.4 is 5.32 Å². The summed E-state index contributed by atoms with van der Waals surface area (Å²) in [6.45, 7) is 8.73. The van der Waals surface area contributed by atoms with Crippen LogP contribution in [0.3, 0.4) is 0 Å². The monoisotopic (exact) mass is 283 g/mol. The molecule has 0 fully saturated rings. The summed E-state index contributed by atoms with van der Waals surface area (Å²) in [6.07, 6.45) is -0.598. The minimum atomic E-state index is -0.598. The summed E-state index contributed by atoms with van der Waals surface area (Å²) >= 11 is 0. The fourth-order valence-electron chi connectivity index (χ4n) is 1.97. The molecule has 2 aromatic rings. The third-order valence-corrected chi connectivity index (χ3v) is 3.27. The molecule has 0 saturated heterocycles. The molecule has 0 aliphatic rings. The predicted molar refractivity (Wildman–Crippen MR) is 81.0 cm³/mol. The molecule has 0 spiro atoms. The standard InChI is InChI=1S/C15H21NO2.ClH/c1-9(2)16-8-13(17)14-7-12-6-5-10(3)11(4)15(12)18-14;/h5-7,9,13,16-17H,8H2,1-4H3;1H. The Morgan fingerprint density at radius 3 is 2.58 bits per heavy atom. The first-order valence-corrected chi connectivity index (χ1v) is 6.40. The van der Waals surface area contributed by atoms with Gasteiger partial charge in [-0.15, -0.1) is 12.4 Å². The number of nitrogens with one attached hydrogen (secondary N) is 1. The van der Waals surface area contributed by atoms with Crippen molar-refractivity contribution in [1.82, 2.24) is 5.32 Å². The number of fused-ring (bicyclic) bond motifs is 1. The molecule has 106 valence electrons. The highest BCUT2D eigenvalue weighted by atomic mass is 35.5. The van der Waals surface area contributed by atoms with Crippen molar-refractivity contribution in [3.05, 3.63) is 35.1 Å². The fraction of sp³-hybridized carbons (Fsp3) is 0.467. The fourth-order valence-corrected chi connectivity index (χ4v) is 1.97. The topological polar surface area (TPSA) is 45.4 Å². The molecule has 0 radical (unpaired) electrons. The molecule has 1 aromatic heterocycles. The van der Waals surface area contributed by atoms with E-state index in [0.717, 1.165) is 16.5 Å². The lowest BCUT2D eigenvalue weighted by molar-refractivity contribution is 0.147. The molecule has 3 nitrogen and oxygen atoms in total. The zero-order valence-electron chi connectivity index (χ0n) is 11.9. The predicted octanol–water partition coefficient (Wildman–Crippen LogP) is 3.50. The van der Waals surface area contributed by atoms with Gasteiger partial charge in [0.05, 0.1) is 0 Å². The minimum absolute atomic E-state index is 0. The lowest BCUT2D eigenvalue weighted by Crippen LogP contribution is -2.27. The summed E-state index contributed by atoms with van der Waals surface area (Å²) in [6, 6.07) is 6.39. The first-order valence-electron chi connectivity index (χ1n) is 6.40. The largest absolute Gasteiger partial charge is 0.458 e. The number of hydrogen-bond donors (Lipinski definition) is 2. The summed E-state index contributed by atoms with van der Waals surface area (Å²) in [5.41, 5.74) is 3.23. The smallest absolute Gasteiger partial charge is 0.137 e. The zero-order chi connectivity index (χ0) is 13.3. The van der Waals surface area contributed by atoms with Crippen LogP contribution in [-0.2, 0) is 0 Å². The second-order valence-electron chi connectivity index (χ2n) is 5.15. The second-order valence-corrected chi connectivity index (χ2v) is 5.15. The molecule has 0 bridgehead atoms. The van der Waals surface area contributed by atoms with Crippen LogP contribution in [-0.4, -0.2) is 17.7 Å². The summed E-state index contributed by atoms with van der Waals surface area (Å²) in [5.74, 6) is 0.631. The molecular weight excluding hydrogens is 262 g/mol. The van der Waals surface area contributed by atoms with Crippen LogP contribution in [0.25, 0.3) is 11.0 Å². The molecule has 0 aliphatic carbocycles. The highest BCUT2D eigenvalue weighted by Crippen LogP contribution is 2.27. The number of benzene rings is 1. The highest BCUT2D eigenvalue weighted by Gasteiger charge is 2.15. The van der Waals surface area contributed by atoms with Gasteiger partial charge in [-0.3, -0.25) is 0 Å². The summed E-state index contributed by atoms with van der Waals surface area (Å²) in [7, 11) is 0. The SMILES string of the molecule is Cc1ccc2cc(C(O)CNC(C)C)oc2c1C.Cl. The average molecular weight is 284 g/mol. The molecule has 1 heterocycles. The van der Waals surface area contributed by atoms with Crippen molar-refractivity contribution in [2.75, 3.05) is 6.54 Å². The molecule has 1 unspecified atom stereocenters. The highest BCUT2D eigenvalue weighted by molar-refractivity contribution is 5.85. The maximum atomic E-state index is 10.1. The van der Waals surface area contributed by atoms with Crippen molar-refractivity contribution >= 4 is 23.4 Å². The van der Waals surface area contributed by atoms with Crippen molar-refractivity contribution in [2.24, 2.45) is 0 Å². The van der Waals surface area contributed by atoms with Gasteiger partial charge in [0.1, 0.15) is 17.4 Å². The van der Waals surface area contributed by atoms with Crippen LogP contribution in [0, 0.1) is 13.8 Å². The third-order valence-electron chi connectivity index (χ3n) is 3.27. The van der Waals surface area contributed by atoms with Crippen molar-refractivity contribution in [2.45, 2.75) is 39.8 Å². The van der Waals surface area contributed by atoms with Crippen LogP contribution in [0.5, 0.6) is 0 Å². The first kappa shape index (κ1) is 16.0. The van der Waals surface area contributed by atoms with E-state index in [4.69, 9.17) is 4.42 Å². The van der Waals surface area contributed by atoms with E-state index in [1.54, 1.807) is 0 Å². The molecule has 0 amide bonds. The number of aliphatic hydroxyl groups excluding tert-OH is 1. The lowest BCUT2D eigenvalue weighted by Gasteiger charge is -2.11. The molecule has 2 N–H and O–H groups in total. The minimum Gasteiger partial charge on any atom is -0.458 e. The zero-order valence-corrected chi connectivity index (χ0v) is 12.7. The number of aliphatic hydroxyl groups is 1. The molecule has 1 atom stereocenters. The van der Waals surface area contributed by atoms with Crippen LogP contribution >= 0.6 is 12.4 Å². The van der Waals surface area contributed by atoms with Crippen LogP contribution in [0.4, 0.5) is 0 Å². The Morgan fingerprint density at radius 1 is 1.26 bits per heavy atom. The van der Waals surface area contributed by atoms with E-state index < -0.39 is 6.10 Å². The summed E-state index contributed by atoms with van der Waals surface area (Å²) in [4.78, 5) is 0. The molecule has 0 saturated carbocycles. The maximum absolute atomic E-state index is 10.1. The van der Waals surface area contributed by atoms with E-state index in [1.165, 1.54) is 5.56 Å². The van der Waals surface area contributed by atoms with Gasteiger partial charge in [-0.25, -0.2) is 0 Å². The van der Waals surface area contributed by atoms with E-state index in [-0.39, 0.29) is 12.4 Å². The number of aryl methyl sites for hydroxylation is 2. The molecule has 2 rings (SSSR count). The van der Waals surface area contributed by atoms with E-state index in [1.807, 2.05) is 19.1 Å². The third kappa shape index (κ3) is 3.50. The lowest BCUT2D eigenvalue weighted by atomic mass is 10.1. The van der Waals surface area contributed by atoms with Gasteiger partial charge in [-0.05, 0) is 31.0 Å². The van der Waals surface area contributed by atoms with Crippen LogP contribution in [0.15, 0.2) is 22.6 Å². The molecule has 0 aliphatic heterocycles. The molecule has 4 heteroatoms. The van der Waals surface area contributed by atoms with Crippen molar-refractivity contribution in [3.8, 4) is 0 Å². The van der Waals surface area contributed by atoms with Crippen LogP contribution in [0.1, 0.15) is 36.8 Å². The van der Waals surface area contributed by atoms with Gasteiger partial charge in [0.15, 0.2) is 0 Å². The van der Waals surface area contributed by atoms with E-state index in [9.17, 15) is 5.11 Å². The number of rotatable bonds is 4. The van der Waals surface area contributed by atoms with E-state index in [2.05, 4.69) is 32.2 Å². The van der Waals surface area contributed by atoms with Gasteiger partial charge >= 0.3 is 0 Å². The van der Waals surface area contributed by atoms with Crippen molar-refractivity contribution < 1.29 is 9.52 Å². The quantitative estimate of drug-likeness (QED) is 0.903. The van der Waals surface area contributed by atoms with Gasteiger partial charge in [0.25, 0.3) is 0 Å². The van der Waals surface area contributed by atoms with Gasteiger partial charge < -0.3 is 14.8 Å². The number of hydrogen-bond acceptors (Lipinski definition) is 3. The van der Waals surface area contributed by atoms with E-state index in [0.29, 0.717) is 18.3 Å². The second kappa shape index (κ2) is 6.42. The van der Waals surface area contributed by atoms with E-state index >= 15 is 0 Å². The van der Waals surface area contributed by atoms with Gasteiger partial charge in [-0.2, -0.15) is 0 Å². The number of halogens is 1. The van der Waals surface area contributed by atoms with Gasteiger partial charge in [0, 0.05) is 18.0 Å². The number of furan rings is 1. The summed E-state index contributed by atoms with van der Waals surface area (Å²) in [5, 5.41) is 14.3. The van der Waals surface area contributed by atoms with Crippen LogP contribution in [0.2, 0.25) is 0 Å². The molecule has 19 heavy (non-hydrogen) atoms. The van der Waals surface area contributed by atoms with Crippen molar-refractivity contribution in [1.29, 1.82) is 0 Å². The van der Waals surface area contributed by atoms with Gasteiger partial charge in [0.2, 0.25) is 0 Å². The normalized spacial score (nSPS) is 12.7. The molecule has 1 aromatic carbocycles. The maximum Gasteiger partial charge on any atom is 0.137 e. The first-order chi connectivity index (χ1) is 8.49. The Balaban J connectivity index is 0.00000180. The van der Waals surface area contributed by atoms with Crippen molar-refractivity contribution in [3.63, 3.8) is 0 Å². The van der Waals surface area contributed by atoms with Gasteiger partial charge in [-0.1, -0.05) is 26.0 Å². The average Bonchev–Trinajstić information content (AvgIpc) is 2.75. The molecular formula is C15H22ClNO2. The Hall–Kier alpha value is -1.03. The Morgan fingerprint density at radius 2 is 1.95 bits per heavy atom. The Labute approximate surface area is 120 Å². The Bertz CT molecular complexity index is 548.